The van der Waals surface area contributed by atoms with Gasteiger partial charge in [-0.1, -0.05) is 0 Å². The fourth-order valence-electron chi connectivity index (χ4n) is 0.0393. The maximum Gasteiger partial charge on any atom is 0.127 e. The second-order valence-electron chi connectivity index (χ2n) is 0.569. The molecule has 0 unspecified atom stereocenters. The minimum Gasteiger partial charge on any atom is -0.303 e. The summed E-state index contributed by atoms with van der Waals surface area (Å²) in [5.74, 6) is 0. The van der Waals surface area contributed by atoms with E-state index in [4.69, 9.17) is 0 Å². The Kier molecular flexibility index (Phi) is 13.8. The number of carbonyl (C=O) groups excluding carboxylic acids is 2. The Labute approximate surface area is 48.7 Å². The van der Waals surface area contributed by atoms with Gasteiger partial charge in [0.15, 0.2) is 0 Å². The van der Waals surface area contributed by atoms with Crippen LogP contribution in [0, 0.1) is 0 Å². The van der Waals surface area contributed by atoms with E-state index < -0.39 is 0 Å². The number of hydrogen-bond acceptors (Lipinski definition) is 2. The summed E-state index contributed by atoms with van der Waals surface area (Å²) in [5.41, 5.74) is 0. The monoisotopic (exact) mass is 175 g/mol. The summed E-state index contributed by atoms with van der Waals surface area (Å²) in [7, 11) is 0. The molecule has 0 aliphatic carbocycles. The van der Waals surface area contributed by atoms with Gasteiger partial charge in [-0.05, 0) is 0 Å². The summed E-state index contributed by atoms with van der Waals surface area (Å²) in [6.07, 6.45) is 1.15. The minimum atomic E-state index is 0. The maximum absolute atomic E-state index is 9.17. The van der Waals surface area contributed by atoms with Crippen LogP contribution < -0.4 is 0 Å². The van der Waals surface area contributed by atoms with Crippen molar-refractivity contribution in [2.75, 3.05) is 0 Å². The van der Waals surface area contributed by atoms with Crippen LogP contribution in [0.15, 0.2) is 0 Å². The van der Waals surface area contributed by atoms with Gasteiger partial charge >= 0.3 is 0 Å². The average Bonchev–Trinajstić information content (AvgIpc) is 1.41. The third-order valence-electron chi connectivity index (χ3n) is 0.192. The molecule has 0 spiro atoms. The topological polar surface area (TPSA) is 34.1 Å². The van der Waals surface area contributed by atoms with Crippen molar-refractivity contribution >= 4 is 12.6 Å². The fourth-order valence-corrected chi connectivity index (χ4v) is 0.0393. The van der Waals surface area contributed by atoms with Crippen LogP contribution in [0.2, 0.25) is 0 Å². The smallest absolute Gasteiger partial charge is 0.127 e. The van der Waals surface area contributed by atoms with E-state index in [0.717, 1.165) is 0 Å². The molecule has 6 heavy (non-hydrogen) atoms. The molecule has 0 aromatic carbocycles. The molecule has 0 aromatic rings. The first-order valence-corrected chi connectivity index (χ1v) is 1.29. The molecule has 0 rings (SSSR count). The van der Waals surface area contributed by atoms with Gasteiger partial charge in [-0.3, -0.25) is 0 Å². The first-order chi connectivity index (χ1) is 2.41. The van der Waals surface area contributed by atoms with Gasteiger partial charge in [-0.25, -0.2) is 0 Å². The molecule has 2 nitrogen and oxygen atoms in total. The van der Waals surface area contributed by atoms with Gasteiger partial charge in [0.1, 0.15) is 12.6 Å². The van der Waals surface area contributed by atoms with E-state index in [2.05, 4.69) is 0 Å². The van der Waals surface area contributed by atoms with Gasteiger partial charge < -0.3 is 9.59 Å². The fraction of sp³-hybridized carbons (Fsp3) is 0.333. The molecule has 0 fully saturated rings. The quantitative estimate of drug-likeness (QED) is 0.330. The SMILES string of the molecule is O=CCC=O.[Rh]. The Morgan fingerprint density at radius 2 is 1.50 bits per heavy atom. The largest absolute Gasteiger partial charge is 0.303 e. The van der Waals surface area contributed by atoms with E-state index in [0.29, 0.717) is 12.6 Å². The molecule has 0 aliphatic rings. The van der Waals surface area contributed by atoms with E-state index in [1.54, 1.807) is 0 Å². The average molecular weight is 175 g/mol. The first kappa shape index (κ1) is 9.35. The summed E-state index contributed by atoms with van der Waals surface area (Å²) in [6, 6.07) is 0. The molecule has 0 bridgehead atoms. The second-order valence-corrected chi connectivity index (χ2v) is 0.569. The van der Waals surface area contributed by atoms with Crippen LogP contribution in [-0.4, -0.2) is 12.6 Å². The van der Waals surface area contributed by atoms with Gasteiger partial charge in [0.05, 0.1) is 6.42 Å². The number of hydrogen-bond donors (Lipinski definition) is 0. The van der Waals surface area contributed by atoms with E-state index in [1.165, 1.54) is 0 Å². The van der Waals surface area contributed by atoms with Gasteiger partial charge in [-0.15, -0.1) is 0 Å². The molecule has 0 aromatic heterocycles. The van der Waals surface area contributed by atoms with Crippen molar-refractivity contribution in [3.8, 4) is 0 Å². The molecule has 1 radical (unpaired) electrons. The summed E-state index contributed by atoms with van der Waals surface area (Å²) >= 11 is 0. The molecule has 0 saturated carbocycles. The molecular formula is C3H4O2Rh. The van der Waals surface area contributed by atoms with Crippen molar-refractivity contribution in [2.45, 2.75) is 6.42 Å². The third-order valence-corrected chi connectivity index (χ3v) is 0.192. The Morgan fingerprint density at radius 1 is 1.17 bits per heavy atom. The Bertz CT molecular complexity index is 38.1. The third kappa shape index (κ3) is 9.03. The van der Waals surface area contributed by atoms with E-state index in [9.17, 15) is 9.59 Å². The van der Waals surface area contributed by atoms with Crippen LogP contribution in [0.5, 0.6) is 0 Å². The molecule has 0 saturated heterocycles. The predicted octanol–water partition coefficient (Wildman–Crippen LogP) is -0.228. The molecule has 0 aliphatic heterocycles. The number of rotatable bonds is 2. The first-order valence-electron chi connectivity index (χ1n) is 1.29. The van der Waals surface area contributed by atoms with Gasteiger partial charge in [0.25, 0.3) is 0 Å². The molecule has 3 heteroatoms. The van der Waals surface area contributed by atoms with Gasteiger partial charge in [-0.2, -0.15) is 0 Å². The zero-order valence-corrected chi connectivity index (χ0v) is 4.65. The van der Waals surface area contributed by atoms with Crippen molar-refractivity contribution in [1.29, 1.82) is 0 Å². The van der Waals surface area contributed by atoms with Crippen molar-refractivity contribution in [2.24, 2.45) is 0 Å². The molecule has 0 heterocycles. The summed E-state index contributed by atoms with van der Waals surface area (Å²) in [4.78, 5) is 18.3. The van der Waals surface area contributed by atoms with Crippen LogP contribution in [-0.2, 0) is 29.1 Å². The zero-order valence-electron chi connectivity index (χ0n) is 3.01. The van der Waals surface area contributed by atoms with E-state index in [1.807, 2.05) is 0 Å². The minimum absolute atomic E-state index is 0. The normalized spacial score (nSPS) is 5.33. The van der Waals surface area contributed by atoms with Crippen LogP contribution >= 0.6 is 0 Å². The van der Waals surface area contributed by atoms with Gasteiger partial charge in [0, 0.05) is 19.5 Å². The summed E-state index contributed by atoms with van der Waals surface area (Å²) < 4.78 is 0. The molecule has 0 amide bonds. The van der Waals surface area contributed by atoms with Crippen LogP contribution in [0.25, 0.3) is 0 Å². The summed E-state index contributed by atoms with van der Waals surface area (Å²) in [6.45, 7) is 0. The molecule has 37 valence electrons. The van der Waals surface area contributed by atoms with Crippen molar-refractivity contribution < 1.29 is 29.1 Å². The summed E-state index contributed by atoms with van der Waals surface area (Å²) in [5, 5.41) is 0. The number of carbonyl (C=O) groups is 2. The Balaban J connectivity index is 0. The van der Waals surface area contributed by atoms with Crippen LogP contribution in [0.3, 0.4) is 0 Å². The molecule has 0 atom stereocenters. The van der Waals surface area contributed by atoms with Crippen LogP contribution in [0.4, 0.5) is 0 Å². The van der Waals surface area contributed by atoms with Gasteiger partial charge in [0.2, 0.25) is 0 Å². The Morgan fingerprint density at radius 3 is 1.50 bits per heavy atom. The zero-order chi connectivity index (χ0) is 4.12. The second kappa shape index (κ2) is 8.88. The molecular weight excluding hydrogens is 171 g/mol. The Hall–Kier alpha value is -0.0366. The van der Waals surface area contributed by atoms with Crippen molar-refractivity contribution in [1.82, 2.24) is 0 Å². The van der Waals surface area contributed by atoms with E-state index in [-0.39, 0.29) is 25.9 Å². The van der Waals surface area contributed by atoms with Crippen molar-refractivity contribution in [3.05, 3.63) is 0 Å². The number of aldehydes is 2. The maximum atomic E-state index is 9.17. The van der Waals surface area contributed by atoms with Crippen molar-refractivity contribution in [3.63, 3.8) is 0 Å². The molecule has 0 N–H and O–H groups in total. The van der Waals surface area contributed by atoms with E-state index >= 15 is 0 Å². The predicted molar refractivity (Wildman–Crippen MR) is 16.7 cm³/mol. The van der Waals surface area contributed by atoms with Crippen LogP contribution in [0.1, 0.15) is 6.42 Å². The standard InChI is InChI=1S/C3H4O2.Rh/c4-2-1-3-5;/h2-3H,1H2;.